The SMILES string of the molecule is CCCCc1cccc2c1=CC=CCC=2C. The van der Waals surface area contributed by atoms with Gasteiger partial charge in [-0.15, -0.1) is 0 Å². The smallest absolute Gasteiger partial charge is 0.0129 e. The molecule has 0 atom stereocenters. The van der Waals surface area contributed by atoms with Crippen molar-refractivity contribution >= 4 is 11.6 Å². The number of benzene rings is 1. The second kappa shape index (κ2) is 5.16. The van der Waals surface area contributed by atoms with Crippen molar-refractivity contribution in [3.8, 4) is 0 Å². The Labute approximate surface area is 98.0 Å². The quantitative estimate of drug-likeness (QED) is 0.722. The molecular weight excluding hydrogens is 192 g/mol. The maximum Gasteiger partial charge on any atom is -0.0129 e. The van der Waals surface area contributed by atoms with E-state index >= 15 is 0 Å². The monoisotopic (exact) mass is 212 g/mol. The third-order valence-corrected chi connectivity index (χ3v) is 3.28. The summed E-state index contributed by atoms with van der Waals surface area (Å²) in [6, 6.07) is 6.73. The van der Waals surface area contributed by atoms with E-state index < -0.39 is 0 Å². The highest BCUT2D eigenvalue weighted by Gasteiger charge is 2.00. The van der Waals surface area contributed by atoms with Crippen molar-refractivity contribution in [3.63, 3.8) is 0 Å². The molecular formula is C16H20. The molecule has 1 aliphatic rings. The van der Waals surface area contributed by atoms with Crippen molar-refractivity contribution in [3.05, 3.63) is 46.4 Å². The van der Waals surface area contributed by atoms with Gasteiger partial charge in [-0.05, 0) is 42.2 Å². The Morgan fingerprint density at radius 3 is 2.94 bits per heavy atom. The topological polar surface area (TPSA) is 0 Å². The fourth-order valence-corrected chi connectivity index (χ4v) is 2.29. The lowest BCUT2D eigenvalue weighted by atomic mass is 10.0. The molecule has 0 aromatic heterocycles. The summed E-state index contributed by atoms with van der Waals surface area (Å²) >= 11 is 0. The van der Waals surface area contributed by atoms with E-state index in [1.807, 2.05) is 0 Å². The summed E-state index contributed by atoms with van der Waals surface area (Å²) in [5.74, 6) is 0. The first kappa shape index (κ1) is 11.2. The molecule has 16 heavy (non-hydrogen) atoms. The van der Waals surface area contributed by atoms with E-state index in [0.717, 1.165) is 6.42 Å². The van der Waals surface area contributed by atoms with Gasteiger partial charge in [-0.25, -0.2) is 0 Å². The van der Waals surface area contributed by atoms with Crippen LogP contribution in [0.15, 0.2) is 30.4 Å². The van der Waals surface area contributed by atoms with Crippen LogP contribution in [0, 0.1) is 0 Å². The lowest BCUT2D eigenvalue weighted by Gasteiger charge is -2.03. The van der Waals surface area contributed by atoms with Gasteiger partial charge in [0.2, 0.25) is 0 Å². The third kappa shape index (κ3) is 2.27. The van der Waals surface area contributed by atoms with Crippen LogP contribution in [-0.4, -0.2) is 0 Å². The molecule has 2 rings (SSSR count). The van der Waals surface area contributed by atoms with Crippen LogP contribution in [0.5, 0.6) is 0 Å². The Kier molecular flexibility index (Phi) is 3.61. The molecule has 0 aliphatic heterocycles. The van der Waals surface area contributed by atoms with Crippen molar-refractivity contribution in [2.45, 2.75) is 39.5 Å². The van der Waals surface area contributed by atoms with Crippen molar-refractivity contribution < 1.29 is 0 Å². The molecule has 0 unspecified atom stereocenters. The Balaban J connectivity index is 2.58. The molecule has 0 amide bonds. The van der Waals surface area contributed by atoms with Gasteiger partial charge in [0.1, 0.15) is 0 Å². The second-order valence-electron chi connectivity index (χ2n) is 4.56. The van der Waals surface area contributed by atoms with Gasteiger partial charge in [0.05, 0.1) is 0 Å². The minimum absolute atomic E-state index is 1.08. The van der Waals surface area contributed by atoms with Crippen LogP contribution < -0.4 is 10.4 Å². The standard InChI is InChI=1S/C16H20/c1-3-4-9-14-10-7-12-15-13(2)8-5-6-11-16(14)15/h5-7,10-12H,3-4,8-9H2,1-2H3. The van der Waals surface area contributed by atoms with E-state index in [4.69, 9.17) is 0 Å². The number of aryl methyl sites for hydroxylation is 1. The third-order valence-electron chi connectivity index (χ3n) is 3.28. The molecule has 0 fully saturated rings. The zero-order valence-electron chi connectivity index (χ0n) is 10.3. The molecule has 84 valence electrons. The summed E-state index contributed by atoms with van der Waals surface area (Å²) in [4.78, 5) is 0. The Bertz CT molecular complexity index is 503. The Morgan fingerprint density at radius 2 is 2.12 bits per heavy atom. The van der Waals surface area contributed by atoms with E-state index in [2.05, 4.69) is 50.3 Å². The zero-order chi connectivity index (χ0) is 11.4. The average molecular weight is 212 g/mol. The number of allylic oxidation sites excluding steroid dienone is 2. The molecule has 0 heterocycles. The maximum absolute atomic E-state index is 2.28. The Morgan fingerprint density at radius 1 is 1.25 bits per heavy atom. The predicted molar refractivity (Wildman–Crippen MR) is 71.6 cm³/mol. The molecule has 1 aromatic rings. The van der Waals surface area contributed by atoms with Gasteiger partial charge in [-0.2, -0.15) is 0 Å². The molecule has 0 N–H and O–H groups in total. The van der Waals surface area contributed by atoms with Crippen molar-refractivity contribution in [2.75, 3.05) is 0 Å². The maximum atomic E-state index is 2.28. The largest absolute Gasteiger partial charge is 0.0804 e. The highest BCUT2D eigenvalue weighted by atomic mass is 14.0. The number of hydrogen-bond acceptors (Lipinski definition) is 0. The first-order valence-electron chi connectivity index (χ1n) is 6.27. The van der Waals surface area contributed by atoms with Crippen LogP contribution in [-0.2, 0) is 6.42 Å². The molecule has 0 spiro atoms. The van der Waals surface area contributed by atoms with Crippen LogP contribution in [0.3, 0.4) is 0 Å². The van der Waals surface area contributed by atoms with E-state index in [-0.39, 0.29) is 0 Å². The molecule has 1 aliphatic carbocycles. The second-order valence-corrected chi connectivity index (χ2v) is 4.56. The van der Waals surface area contributed by atoms with Gasteiger partial charge in [-0.3, -0.25) is 0 Å². The van der Waals surface area contributed by atoms with Gasteiger partial charge in [0.25, 0.3) is 0 Å². The summed E-state index contributed by atoms with van der Waals surface area (Å²) in [5.41, 5.74) is 2.99. The zero-order valence-corrected chi connectivity index (χ0v) is 10.3. The molecule has 0 bridgehead atoms. The molecule has 0 radical (unpaired) electrons. The molecule has 0 heteroatoms. The first-order chi connectivity index (χ1) is 7.83. The van der Waals surface area contributed by atoms with E-state index in [1.165, 1.54) is 40.8 Å². The van der Waals surface area contributed by atoms with Crippen LogP contribution in [0.2, 0.25) is 0 Å². The number of unbranched alkanes of at least 4 members (excludes halogenated alkanes) is 1. The van der Waals surface area contributed by atoms with E-state index in [0.29, 0.717) is 0 Å². The lowest BCUT2D eigenvalue weighted by molar-refractivity contribution is 0.791. The average Bonchev–Trinajstić information content (AvgIpc) is 2.49. The fourth-order valence-electron chi connectivity index (χ4n) is 2.29. The minimum atomic E-state index is 1.08. The van der Waals surface area contributed by atoms with Gasteiger partial charge in [0, 0.05) is 0 Å². The van der Waals surface area contributed by atoms with E-state index in [1.54, 1.807) is 0 Å². The fraction of sp³-hybridized carbons (Fsp3) is 0.375. The van der Waals surface area contributed by atoms with Gasteiger partial charge >= 0.3 is 0 Å². The highest BCUT2D eigenvalue weighted by molar-refractivity contribution is 5.53. The number of rotatable bonds is 3. The number of hydrogen-bond donors (Lipinski definition) is 0. The van der Waals surface area contributed by atoms with Crippen LogP contribution in [0.25, 0.3) is 11.6 Å². The molecule has 1 aromatic carbocycles. The predicted octanol–water partition coefficient (Wildman–Crippen LogP) is 2.94. The molecule has 0 saturated carbocycles. The van der Waals surface area contributed by atoms with Crippen molar-refractivity contribution in [1.82, 2.24) is 0 Å². The minimum Gasteiger partial charge on any atom is -0.0804 e. The first-order valence-corrected chi connectivity index (χ1v) is 6.27. The normalized spacial score (nSPS) is 14.2. The highest BCUT2D eigenvalue weighted by Crippen LogP contribution is 2.04. The van der Waals surface area contributed by atoms with Crippen LogP contribution in [0.1, 0.15) is 38.7 Å². The van der Waals surface area contributed by atoms with Gasteiger partial charge in [-0.1, -0.05) is 55.3 Å². The van der Waals surface area contributed by atoms with Gasteiger partial charge < -0.3 is 0 Å². The molecule has 0 saturated heterocycles. The summed E-state index contributed by atoms with van der Waals surface area (Å²) < 4.78 is 0. The van der Waals surface area contributed by atoms with Gasteiger partial charge in [0.15, 0.2) is 0 Å². The van der Waals surface area contributed by atoms with E-state index in [9.17, 15) is 0 Å². The Hall–Kier alpha value is -1.30. The summed E-state index contributed by atoms with van der Waals surface area (Å²) in [7, 11) is 0. The number of fused-ring (bicyclic) bond motifs is 1. The van der Waals surface area contributed by atoms with Crippen molar-refractivity contribution in [2.24, 2.45) is 0 Å². The lowest BCUT2D eigenvalue weighted by Crippen LogP contribution is -2.29. The summed E-state index contributed by atoms with van der Waals surface area (Å²) in [6.07, 6.45) is 11.6. The summed E-state index contributed by atoms with van der Waals surface area (Å²) in [6.45, 7) is 4.49. The van der Waals surface area contributed by atoms with Crippen LogP contribution >= 0.6 is 0 Å². The van der Waals surface area contributed by atoms with Crippen LogP contribution in [0.4, 0.5) is 0 Å². The van der Waals surface area contributed by atoms with Crippen molar-refractivity contribution in [1.29, 1.82) is 0 Å². The summed E-state index contributed by atoms with van der Waals surface area (Å²) in [5, 5.41) is 2.89. The molecule has 0 nitrogen and oxygen atoms in total.